The van der Waals surface area contributed by atoms with Gasteiger partial charge in [-0.25, -0.2) is 9.37 Å². The van der Waals surface area contributed by atoms with E-state index in [0.717, 1.165) is 32.4 Å². The van der Waals surface area contributed by atoms with E-state index in [9.17, 15) is 14.0 Å². The number of aromatic nitrogens is 4. The van der Waals surface area contributed by atoms with Crippen LogP contribution in [0.1, 0.15) is 19.3 Å². The van der Waals surface area contributed by atoms with Crippen molar-refractivity contribution in [3.8, 4) is 11.3 Å². The second-order valence-electron chi connectivity index (χ2n) is 7.65. The van der Waals surface area contributed by atoms with Gasteiger partial charge in [-0.05, 0) is 55.7 Å². The molecule has 9 heteroatoms. The van der Waals surface area contributed by atoms with Crippen molar-refractivity contribution in [3.63, 3.8) is 0 Å². The van der Waals surface area contributed by atoms with Crippen LogP contribution in [0, 0.1) is 5.82 Å². The monoisotopic (exact) mass is 449 g/mol. The molecule has 0 unspecified atom stereocenters. The molecule has 1 amide bonds. The Hall–Kier alpha value is -3.33. The lowest BCUT2D eigenvalue weighted by molar-refractivity contribution is -0.129. The molecule has 3 heterocycles. The predicted octanol–water partition coefficient (Wildman–Crippen LogP) is 3.55. The average Bonchev–Trinajstić information content (AvgIpc) is 2.83. The van der Waals surface area contributed by atoms with Crippen molar-refractivity contribution in [1.29, 1.82) is 0 Å². The van der Waals surface area contributed by atoms with E-state index in [0.29, 0.717) is 27.3 Å². The standard InChI is InChI=1S/C23H20FN5O2S/c24-16-10-8-15(9-11-16)20-22(31)26-21-17-6-2-3-7-18(17)25-23(29(21)27-20)32-14-19(30)28-12-4-1-5-13-28/h2-3,6-11H,1,4-5,12-14H2. The lowest BCUT2D eigenvalue weighted by atomic mass is 10.1. The third-order valence-corrected chi connectivity index (χ3v) is 6.42. The van der Waals surface area contributed by atoms with Crippen molar-refractivity contribution in [3.05, 3.63) is 64.7 Å². The first-order valence-electron chi connectivity index (χ1n) is 10.5. The zero-order valence-electron chi connectivity index (χ0n) is 17.2. The Morgan fingerprint density at radius 3 is 2.53 bits per heavy atom. The SMILES string of the molecule is O=C(CSc1nc2ccccc2c2nc(=O)c(-c3ccc(F)cc3)nn12)N1CCCCC1. The van der Waals surface area contributed by atoms with E-state index in [4.69, 9.17) is 0 Å². The fourth-order valence-electron chi connectivity index (χ4n) is 3.85. The van der Waals surface area contributed by atoms with E-state index >= 15 is 0 Å². The largest absolute Gasteiger partial charge is 0.342 e. The molecule has 0 aliphatic carbocycles. The smallest absolute Gasteiger partial charge is 0.300 e. The van der Waals surface area contributed by atoms with E-state index in [1.807, 2.05) is 29.2 Å². The third kappa shape index (κ3) is 3.95. The van der Waals surface area contributed by atoms with Crippen LogP contribution in [0.15, 0.2) is 58.5 Å². The highest BCUT2D eigenvalue weighted by atomic mass is 32.2. The number of carbonyl (C=O) groups excluding carboxylic acids is 1. The maximum Gasteiger partial charge on any atom is 0.300 e. The zero-order chi connectivity index (χ0) is 22.1. The van der Waals surface area contributed by atoms with E-state index in [1.54, 1.807) is 0 Å². The summed E-state index contributed by atoms with van der Waals surface area (Å²) >= 11 is 1.27. The van der Waals surface area contributed by atoms with Crippen LogP contribution in [-0.4, -0.2) is 49.2 Å². The second-order valence-corrected chi connectivity index (χ2v) is 8.59. The average molecular weight is 450 g/mol. The van der Waals surface area contributed by atoms with Gasteiger partial charge in [0.25, 0.3) is 5.56 Å². The highest BCUT2D eigenvalue weighted by Crippen LogP contribution is 2.24. The summed E-state index contributed by atoms with van der Waals surface area (Å²) in [6, 6.07) is 12.9. The number of hydrogen-bond donors (Lipinski definition) is 0. The van der Waals surface area contributed by atoms with Gasteiger partial charge in [0.15, 0.2) is 16.5 Å². The van der Waals surface area contributed by atoms with Crippen molar-refractivity contribution in [2.24, 2.45) is 0 Å². The van der Waals surface area contributed by atoms with Gasteiger partial charge in [0.2, 0.25) is 5.91 Å². The predicted molar refractivity (Wildman–Crippen MR) is 121 cm³/mol. The summed E-state index contributed by atoms with van der Waals surface area (Å²) in [5, 5.41) is 5.69. The Kier molecular flexibility index (Phi) is 5.57. The van der Waals surface area contributed by atoms with Crippen LogP contribution >= 0.6 is 11.8 Å². The summed E-state index contributed by atoms with van der Waals surface area (Å²) in [6.45, 7) is 1.57. The van der Waals surface area contributed by atoms with Gasteiger partial charge in [-0.2, -0.15) is 14.6 Å². The fraction of sp³-hybridized carbons (Fsp3) is 0.261. The van der Waals surface area contributed by atoms with Gasteiger partial charge in [-0.15, -0.1) is 0 Å². The summed E-state index contributed by atoms with van der Waals surface area (Å²) in [4.78, 5) is 36.3. The minimum Gasteiger partial charge on any atom is -0.342 e. The minimum atomic E-state index is -0.506. The second kappa shape index (κ2) is 8.66. The molecule has 0 radical (unpaired) electrons. The molecule has 2 aromatic heterocycles. The molecule has 7 nitrogen and oxygen atoms in total. The summed E-state index contributed by atoms with van der Waals surface area (Å²) < 4.78 is 14.9. The maximum atomic E-state index is 13.4. The molecule has 0 bridgehead atoms. The molecule has 4 aromatic rings. The number of fused-ring (bicyclic) bond motifs is 3. The van der Waals surface area contributed by atoms with E-state index in [2.05, 4.69) is 15.1 Å². The zero-order valence-corrected chi connectivity index (χ0v) is 18.0. The summed E-state index contributed by atoms with van der Waals surface area (Å²) in [5.74, 6) is -0.117. The number of para-hydroxylation sites is 1. The lowest BCUT2D eigenvalue weighted by Crippen LogP contribution is -2.36. The van der Waals surface area contributed by atoms with Gasteiger partial charge in [0.1, 0.15) is 5.82 Å². The molecule has 1 fully saturated rings. The Morgan fingerprint density at radius 2 is 1.75 bits per heavy atom. The van der Waals surface area contributed by atoms with Crippen LogP contribution in [0.25, 0.3) is 27.8 Å². The molecular formula is C23H20FN5O2S. The van der Waals surface area contributed by atoms with Gasteiger partial charge in [-0.3, -0.25) is 9.59 Å². The van der Waals surface area contributed by atoms with E-state index in [1.165, 1.54) is 40.5 Å². The molecule has 1 aliphatic heterocycles. The van der Waals surface area contributed by atoms with Crippen molar-refractivity contribution >= 4 is 34.2 Å². The number of piperidine rings is 1. The molecule has 0 saturated carbocycles. The van der Waals surface area contributed by atoms with Crippen LogP contribution in [0.4, 0.5) is 4.39 Å². The van der Waals surface area contributed by atoms with E-state index in [-0.39, 0.29) is 17.4 Å². The molecule has 32 heavy (non-hydrogen) atoms. The third-order valence-electron chi connectivity index (χ3n) is 5.50. The fourth-order valence-corrected chi connectivity index (χ4v) is 4.70. The Labute approximate surface area is 187 Å². The molecule has 1 saturated heterocycles. The number of rotatable bonds is 4. The molecular weight excluding hydrogens is 429 g/mol. The molecule has 5 rings (SSSR count). The first-order valence-corrected chi connectivity index (χ1v) is 11.4. The van der Waals surface area contributed by atoms with Gasteiger partial charge in [0.05, 0.1) is 11.3 Å². The molecule has 1 aliphatic rings. The molecule has 0 atom stereocenters. The van der Waals surface area contributed by atoms with Crippen LogP contribution in [0.5, 0.6) is 0 Å². The maximum absolute atomic E-state index is 13.4. The summed E-state index contributed by atoms with van der Waals surface area (Å²) in [6.07, 6.45) is 3.21. The molecule has 0 N–H and O–H groups in total. The first kappa shape index (κ1) is 20.6. The van der Waals surface area contributed by atoms with Crippen LogP contribution < -0.4 is 5.56 Å². The number of carbonyl (C=O) groups is 1. The summed E-state index contributed by atoms with van der Waals surface area (Å²) in [5.41, 5.74) is 1.10. The molecule has 2 aromatic carbocycles. The summed E-state index contributed by atoms with van der Waals surface area (Å²) in [7, 11) is 0. The van der Waals surface area contributed by atoms with Gasteiger partial charge in [0, 0.05) is 24.0 Å². The number of likely N-dealkylation sites (tertiary alicyclic amines) is 1. The number of nitrogens with zero attached hydrogens (tertiary/aromatic N) is 5. The van der Waals surface area contributed by atoms with Gasteiger partial charge in [-0.1, -0.05) is 23.9 Å². The van der Waals surface area contributed by atoms with Crippen molar-refractivity contribution in [1.82, 2.24) is 24.5 Å². The van der Waals surface area contributed by atoms with Gasteiger partial charge >= 0.3 is 0 Å². The van der Waals surface area contributed by atoms with Crippen LogP contribution in [-0.2, 0) is 4.79 Å². The highest BCUT2D eigenvalue weighted by Gasteiger charge is 2.19. The Morgan fingerprint density at radius 1 is 1.00 bits per heavy atom. The van der Waals surface area contributed by atoms with Crippen molar-refractivity contribution in [2.75, 3.05) is 18.8 Å². The number of thioether (sulfide) groups is 1. The topological polar surface area (TPSA) is 80.5 Å². The van der Waals surface area contributed by atoms with Crippen molar-refractivity contribution < 1.29 is 9.18 Å². The number of hydrogen-bond acceptors (Lipinski definition) is 6. The van der Waals surface area contributed by atoms with Crippen LogP contribution in [0.3, 0.4) is 0 Å². The normalized spacial score (nSPS) is 14.2. The van der Waals surface area contributed by atoms with Crippen molar-refractivity contribution in [2.45, 2.75) is 24.4 Å². The van der Waals surface area contributed by atoms with E-state index < -0.39 is 11.4 Å². The Balaban J connectivity index is 1.59. The number of amides is 1. The van der Waals surface area contributed by atoms with Crippen LogP contribution in [0.2, 0.25) is 0 Å². The lowest BCUT2D eigenvalue weighted by Gasteiger charge is -2.26. The molecule has 0 spiro atoms. The molecule has 162 valence electrons. The number of halogens is 1. The van der Waals surface area contributed by atoms with Gasteiger partial charge < -0.3 is 4.90 Å². The Bertz CT molecular complexity index is 1370. The quantitative estimate of drug-likeness (QED) is 0.269. The first-order chi connectivity index (χ1) is 15.6. The minimum absolute atomic E-state index is 0.0607. The highest BCUT2D eigenvalue weighted by molar-refractivity contribution is 7.99. The number of benzene rings is 2.